The lowest BCUT2D eigenvalue weighted by Gasteiger charge is -2.16. The summed E-state index contributed by atoms with van der Waals surface area (Å²) >= 11 is 0. The summed E-state index contributed by atoms with van der Waals surface area (Å²) in [6, 6.07) is 24.4. The maximum Gasteiger partial charge on any atom is 0.232 e. The number of carbonyl (C=O) groups is 1. The van der Waals surface area contributed by atoms with Crippen LogP contribution in [0.25, 0.3) is 33.6 Å². The highest BCUT2D eigenvalue weighted by Gasteiger charge is 2.25. The van der Waals surface area contributed by atoms with Gasteiger partial charge in [-0.2, -0.15) is 0 Å². The molecule has 0 fully saturated rings. The van der Waals surface area contributed by atoms with Crippen LogP contribution in [0.2, 0.25) is 0 Å². The van der Waals surface area contributed by atoms with E-state index in [2.05, 4.69) is 21.0 Å². The van der Waals surface area contributed by atoms with Crippen molar-refractivity contribution >= 4 is 28.6 Å². The Morgan fingerprint density at radius 3 is 2.23 bits per heavy atom. The van der Waals surface area contributed by atoms with Gasteiger partial charge in [-0.15, -0.1) is 0 Å². The Balaban J connectivity index is 0.000000467. The second-order valence-corrected chi connectivity index (χ2v) is 9.59. The van der Waals surface area contributed by atoms with Gasteiger partial charge >= 0.3 is 0 Å². The summed E-state index contributed by atoms with van der Waals surface area (Å²) in [5, 5.41) is 39.9. The second kappa shape index (κ2) is 14.2. The zero-order chi connectivity index (χ0) is 30.8. The molecule has 0 aliphatic carbocycles. The number of carboxylic acids is 1. The average Bonchev–Trinajstić information content (AvgIpc) is 3.45. The van der Waals surface area contributed by atoms with Crippen LogP contribution in [0.1, 0.15) is 0 Å². The number of ether oxygens (including phenoxy) is 2. The Kier molecular flexibility index (Phi) is 10.3. The van der Waals surface area contributed by atoms with Gasteiger partial charge < -0.3 is 50.2 Å². The molecule has 0 bridgehead atoms. The van der Waals surface area contributed by atoms with Crippen LogP contribution in [-0.2, 0) is 4.79 Å². The molecule has 7 N–H and O–H groups in total. The quantitative estimate of drug-likeness (QED) is 0.149. The molecule has 0 amide bonds. The highest BCUT2D eigenvalue weighted by atomic mass is 16.5. The van der Waals surface area contributed by atoms with E-state index in [0.29, 0.717) is 34.1 Å². The topological polar surface area (TPSA) is 198 Å². The van der Waals surface area contributed by atoms with Crippen molar-refractivity contribution in [3.63, 3.8) is 0 Å². The van der Waals surface area contributed by atoms with E-state index in [9.17, 15) is 9.90 Å². The fourth-order valence-corrected chi connectivity index (χ4v) is 3.95. The summed E-state index contributed by atoms with van der Waals surface area (Å²) in [5.74, 6) is 1.03. The predicted molar refractivity (Wildman–Crippen MR) is 156 cm³/mol. The standard InChI is InChI=1S/C27H21N3O5.C4H11NO3/c1-33-20-12-10-17(11-13-20)23-24-26(30-19-8-5-9-21(14-19)34-15-22(31)32)28-16-29-27(24)35-25(23)18-6-3-2-4-7-18;5-4(1-6,2-7)3-8/h2-14,16H,15H2,1H3,(H,31,32)(H,28,29,30);6-8H,1-3,5H2. The highest BCUT2D eigenvalue weighted by molar-refractivity contribution is 6.06. The molecular formula is C31H32N4O8. The molecule has 0 atom stereocenters. The van der Waals surface area contributed by atoms with Gasteiger partial charge in [-0.25, -0.2) is 9.97 Å². The van der Waals surface area contributed by atoms with Gasteiger partial charge in [0.1, 0.15) is 55.8 Å². The van der Waals surface area contributed by atoms with Gasteiger partial charge in [0.25, 0.3) is 0 Å². The number of quaternary nitrogens is 1. The third-order valence-electron chi connectivity index (χ3n) is 6.36. The van der Waals surface area contributed by atoms with Crippen molar-refractivity contribution in [1.29, 1.82) is 0 Å². The molecule has 5 aromatic rings. The van der Waals surface area contributed by atoms with Crippen molar-refractivity contribution in [3.8, 4) is 33.9 Å². The van der Waals surface area contributed by atoms with Gasteiger partial charge in [0.15, 0.2) is 5.54 Å². The molecule has 0 aliphatic heterocycles. The van der Waals surface area contributed by atoms with E-state index >= 15 is 0 Å². The first-order valence-corrected chi connectivity index (χ1v) is 13.2. The Bertz CT molecular complexity index is 1630. The lowest BCUT2D eigenvalue weighted by atomic mass is 9.99. The SMILES string of the molecule is COc1ccc(-c2c(-c3ccccc3)oc3ncnc(Nc4cccc(OCC(=O)[O-])c4)c23)cc1.[NH3+]C(CO)(CO)CO. The van der Waals surface area contributed by atoms with Crippen LogP contribution >= 0.6 is 0 Å². The number of rotatable bonds is 11. The second-order valence-electron chi connectivity index (χ2n) is 9.59. The first-order valence-electron chi connectivity index (χ1n) is 13.2. The number of nitrogens with zero attached hydrogens (tertiary/aromatic N) is 2. The number of carboxylic acid groups (broad SMARTS) is 1. The monoisotopic (exact) mass is 588 g/mol. The minimum absolute atomic E-state index is 0.292. The largest absolute Gasteiger partial charge is 0.546 e. The number of hydrogen-bond donors (Lipinski definition) is 5. The third-order valence-corrected chi connectivity index (χ3v) is 6.36. The molecule has 0 aliphatic rings. The molecule has 2 aromatic heterocycles. The number of carbonyl (C=O) groups excluding carboxylic acids is 1. The van der Waals surface area contributed by atoms with E-state index in [4.69, 9.17) is 29.2 Å². The number of aliphatic carboxylic acids is 1. The number of aromatic nitrogens is 2. The van der Waals surface area contributed by atoms with E-state index in [-0.39, 0.29) is 19.8 Å². The number of hydrogen-bond acceptors (Lipinski definition) is 11. The average molecular weight is 589 g/mol. The van der Waals surface area contributed by atoms with E-state index < -0.39 is 18.1 Å². The summed E-state index contributed by atoms with van der Waals surface area (Å²) in [4.78, 5) is 19.6. The lowest BCUT2D eigenvalue weighted by Crippen LogP contribution is -2.78. The zero-order valence-electron chi connectivity index (χ0n) is 23.4. The molecule has 43 heavy (non-hydrogen) atoms. The van der Waals surface area contributed by atoms with Crippen molar-refractivity contribution in [2.75, 3.05) is 38.9 Å². The summed E-state index contributed by atoms with van der Waals surface area (Å²) < 4.78 is 16.8. The number of benzene rings is 3. The predicted octanol–water partition coefficient (Wildman–Crippen LogP) is 1.38. The minimum atomic E-state index is -1.29. The first-order chi connectivity index (χ1) is 20.8. The minimum Gasteiger partial charge on any atom is -0.546 e. The Morgan fingerprint density at radius 2 is 1.63 bits per heavy atom. The van der Waals surface area contributed by atoms with Crippen LogP contribution in [-0.4, -0.2) is 70.3 Å². The summed E-state index contributed by atoms with van der Waals surface area (Å²) in [7, 11) is 1.62. The van der Waals surface area contributed by atoms with Crippen molar-refractivity contribution in [2.24, 2.45) is 0 Å². The van der Waals surface area contributed by atoms with Gasteiger partial charge in [0.05, 0.1) is 18.5 Å². The van der Waals surface area contributed by atoms with E-state index in [1.54, 1.807) is 25.3 Å². The first kappa shape index (κ1) is 30.9. The molecule has 0 spiro atoms. The van der Waals surface area contributed by atoms with Crippen LogP contribution in [0.15, 0.2) is 89.6 Å². The van der Waals surface area contributed by atoms with E-state index in [1.165, 1.54) is 6.33 Å². The molecule has 0 unspecified atom stereocenters. The molecule has 12 heteroatoms. The summed E-state index contributed by atoms with van der Waals surface area (Å²) in [5.41, 5.74) is 6.15. The molecule has 12 nitrogen and oxygen atoms in total. The Labute approximate surface area is 247 Å². The van der Waals surface area contributed by atoms with Crippen LogP contribution in [0.3, 0.4) is 0 Å². The van der Waals surface area contributed by atoms with Gasteiger partial charge in [0, 0.05) is 22.9 Å². The zero-order valence-corrected chi connectivity index (χ0v) is 23.4. The molecule has 5 rings (SSSR count). The van der Waals surface area contributed by atoms with Crippen molar-refractivity contribution in [3.05, 3.63) is 85.2 Å². The Morgan fingerprint density at radius 1 is 0.930 bits per heavy atom. The van der Waals surface area contributed by atoms with Crippen molar-refractivity contribution < 1.29 is 44.8 Å². The highest BCUT2D eigenvalue weighted by Crippen LogP contribution is 2.43. The number of methoxy groups -OCH3 is 1. The third kappa shape index (κ3) is 7.64. The number of aliphatic hydroxyl groups is 3. The maximum absolute atomic E-state index is 10.7. The molecule has 224 valence electrons. The van der Waals surface area contributed by atoms with Crippen molar-refractivity contribution in [1.82, 2.24) is 9.97 Å². The molecule has 3 aromatic carbocycles. The number of aliphatic hydroxyl groups excluding tert-OH is 3. The number of fused-ring (bicyclic) bond motifs is 1. The maximum atomic E-state index is 10.7. The van der Waals surface area contributed by atoms with Crippen LogP contribution < -0.4 is 25.6 Å². The molecule has 0 radical (unpaired) electrons. The van der Waals surface area contributed by atoms with E-state index in [1.807, 2.05) is 60.7 Å². The summed E-state index contributed by atoms with van der Waals surface area (Å²) in [6.45, 7) is -1.41. The van der Waals surface area contributed by atoms with Crippen LogP contribution in [0.5, 0.6) is 11.5 Å². The fraction of sp³-hybridized carbons (Fsp3) is 0.194. The molecule has 0 saturated heterocycles. The van der Waals surface area contributed by atoms with Crippen LogP contribution in [0, 0.1) is 0 Å². The normalized spacial score (nSPS) is 11.0. The smallest absolute Gasteiger partial charge is 0.232 e. The number of nitrogens with one attached hydrogen (secondary N) is 1. The van der Waals surface area contributed by atoms with Gasteiger partial charge in [0.2, 0.25) is 5.71 Å². The van der Waals surface area contributed by atoms with Gasteiger partial charge in [-0.05, 0) is 29.8 Å². The van der Waals surface area contributed by atoms with E-state index in [0.717, 1.165) is 22.4 Å². The molecule has 0 saturated carbocycles. The summed E-state index contributed by atoms with van der Waals surface area (Å²) in [6.07, 6.45) is 1.43. The van der Waals surface area contributed by atoms with Gasteiger partial charge in [-0.3, -0.25) is 0 Å². The lowest BCUT2D eigenvalue weighted by molar-refractivity contribution is -0.494. The number of anilines is 2. The van der Waals surface area contributed by atoms with Gasteiger partial charge in [-0.1, -0.05) is 48.5 Å². The molecule has 2 heterocycles. The molecular weight excluding hydrogens is 556 g/mol. The van der Waals surface area contributed by atoms with Crippen LogP contribution in [0.4, 0.5) is 11.5 Å². The van der Waals surface area contributed by atoms with Crippen molar-refractivity contribution in [2.45, 2.75) is 5.54 Å². The Hall–Kier alpha value is -5.01. The number of furan rings is 1. The fourth-order valence-electron chi connectivity index (χ4n) is 3.95.